The van der Waals surface area contributed by atoms with E-state index in [1.54, 1.807) is 0 Å². The Hall–Kier alpha value is -1.65. The summed E-state index contributed by atoms with van der Waals surface area (Å²) >= 11 is 0. The summed E-state index contributed by atoms with van der Waals surface area (Å²) in [6.45, 7) is 1.85. The van der Waals surface area contributed by atoms with Gasteiger partial charge in [0.15, 0.2) is 5.82 Å². The molecule has 1 aromatic carbocycles. The smallest absolute Gasteiger partial charge is 0.230 e. The lowest BCUT2D eigenvalue weighted by Crippen LogP contribution is -2.31. The van der Waals surface area contributed by atoms with E-state index in [1.165, 1.54) is 0 Å². The van der Waals surface area contributed by atoms with Gasteiger partial charge in [-0.25, -0.2) is 8.78 Å². The van der Waals surface area contributed by atoms with E-state index in [2.05, 4.69) is 5.32 Å². The third-order valence-electron chi connectivity index (χ3n) is 3.58. The minimum Gasteiger partial charge on any atom is -0.397 e. The highest BCUT2D eigenvalue weighted by Crippen LogP contribution is 2.39. The van der Waals surface area contributed by atoms with Crippen molar-refractivity contribution in [3.05, 3.63) is 23.8 Å². The molecule has 1 fully saturated rings. The van der Waals surface area contributed by atoms with Crippen molar-refractivity contribution in [3.63, 3.8) is 0 Å². The van der Waals surface area contributed by atoms with E-state index in [9.17, 15) is 13.6 Å². The molecule has 0 bridgehead atoms. The summed E-state index contributed by atoms with van der Waals surface area (Å²) in [7, 11) is 0. The van der Waals surface area contributed by atoms with Gasteiger partial charge >= 0.3 is 0 Å². The first-order valence-electron chi connectivity index (χ1n) is 5.98. The van der Waals surface area contributed by atoms with Gasteiger partial charge < -0.3 is 11.1 Å². The van der Waals surface area contributed by atoms with Crippen molar-refractivity contribution in [2.45, 2.75) is 32.6 Å². The van der Waals surface area contributed by atoms with Crippen molar-refractivity contribution in [2.24, 2.45) is 5.41 Å². The molecule has 0 saturated heterocycles. The molecule has 0 atom stereocenters. The summed E-state index contributed by atoms with van der Waals surface area (Å²) in [5.41, 5.74) is 4.81. The molecule has 1 aromatic rings. The van der Waals surface area contributed by atoms with Crippen LogP contribution in [0.3, 0.4) is 0 Å². The molecule has 0 aliphatic heterocycles. The molecule has 0 heterocycles. The van der Waals surface area contributed by atoms with Gasteiger partial charge in [0.1, 0.15) is 11.5 Å². The van der Waals surface area contributed by atoms with E-state index in [0.717, 1.165) is 31.7 Å². The van der Waals surface area contributed by atoms with Crippen LogP contribution < -0.4 is 11.1 Å². The number of amides is 1. The number of anilines is 2. The van der Waals surface area contributed by atoms with Crippen molar-refractivity contribution < 1.29 is 13.6 Å². The summed E-state index contributed by atoms with van der Waals surface area (Å²) in [6.07, 6.45) is 3.54. The largest absolute Gasteiger partial charge is 0.397 e. The highest BCUT2D eigenvalue weighted by molar-refractivity contribution is 5.97. The van der Waals surface area contributed by atoms with Gasteiger partial charge in [-0.2, -0.15) is 0 Å². The van der Waals surface area contributed by atoms with Crippen molar-refractivity contribution >= 4 is 17.3 Å². The maximum Gasteiger partial charge on any atom is 0.230 e. The van der Waals surface area contributed by atoms with E-state index in [4.69, 9.17) is 5.73 Å². The normalized spacial score (nSPS) is 17.7. The number of rotatable bonds is 2. The Morgan fingerprint density at radius 1 is 1.33 bits per heavy atom. The van der Waals surface area contributed by atoms with Gasteiger partial charge in [0.05, 0.1) is 5.69 Å². The maximum atomic E-state index is 13.5. The van der Waals surface area contributed by atoms with Gasteiger partial charge in [-0.1, -0.05) is 19.8 Å². The van der Waals surface area contributed by atoms with Crippen molar-refractivity contribution in [1.29, 1.82) is 0 Å². The molecule has 0 radical (unpaired) electrons. The first kappa shape index (κ1) is 12.8. The lowest BCUT2D eigenvalue weighted by atomic mass is 9.88. The predicted molar refractivity (Wildman–Crippen MR) is 66.0 cm³/mol. The zero-order valence-corrected chi connectivity index (χ0v) is 10.2. The standard InChI is InChI=1S/C13H16F2N2O/c1-13(4-2-3-5-13)12(18)17-11-9(15)6-8(14)7-10(11)16/h6-7H,2-5,16H2,1H3,(H,17,18). The van der Waals surface area contributed by atoms with E-state index in [1.807, 2.05) is 6.92 Å². The minimum absolute atomic E-state index is 0.0950. The van der Waals surface area contributed by atoms with Gasteiger partial charge in [0.25, 0.3) is 0 Å². The molecule has 18 heavy (non-hydrogen) atoms. The highest BCUT2D eigenvalue weighted by atomic mass is 19.1. The second kappa shape index (κ2) is 4.55. The van der Waals surface area contributed by atoms with E-state index >= 15 is 0 Å². The second-order valence-electron chi connectivity index (χ2n) is 5.07. The Balaban J connectivity index is 2.22. The Morgan fingerprint density at radius 3 is 2.50 bits per heavy atom. The summed E-state index contributed by atoms with van der Waals surface area (Å²) < 4.78 is 26.4. The number of nitrogen functional groups attached to an aromatic ring is 1. The van der Waals surface area contributed by atoms with Gasteiger partial charge in [-0.3, -0.25) is 4.79 Å². The molecule has 2 rings (SSSR count). The monoisotopic (exact) mass is 254 g/mol. The quantitative estimate of drug-likeness (QED) is 0.797. The number of carbonyl (C=O) groups excluding carboxylic acids is 1. The summed E-state index contributed by atoms with van der Waals surface area (Å²) in [5, 5.41) is 2.48. The molecule has 1 saturated carbocycles. The van der Waals surface area contributed by atoms with Crippen LogP contribution in [0.5, 0.6) is 0 Å². The molecule has 0 spiro atoms. The van der Waals surface area contributed by atoms with Crippen LogP contribution in [0.4, 0.5) is 20.2 Å². The number of carbonyl (C=O) groups is 1. The predicted octanol–water partition coefficient (Wildman–Crippen LogP) is 3.07. The van der Waals surface area contributed by atoms with Crippen LogP contribution in [0.2, 0.25) is 0 Å². The summed E-state index contributed by atoms with van der Waals surface area (Å²) in [4.78, 5) is 12.1. The molecule has 5 heteroatoms. The number of nitrogens with one attached hydrogen (secondary N) is 1. The molecule has 0 aromatic heterocycles. The fourth-order valence-electron chi connectivity index (χ4n) is 2.37. The molecular formula is C13H16F2N2O. The summed E-state index contributed by atoms with van der Waals surface area (Å²) in [6, 6.07) is 1.71. The Morgan fingerprint density at radius 2 is 1.94 bits per heavy atom. The van der Waals surface area contributed by atoms with E-state index < -0.39 is 17.0 Å². The third-order valence-corrected chi connectivity index (χ3v) is 3.58. The fourth-order valence-corrected chi connectivity index (χ4v) is 2.37. The highest BCUT2D eigenvalue weighted by Gasteiger charge is 2.36. The minimum atomic E-state index is -0.845. The number of hydrogen-bond donors (Lipinski definition) is 2. The lowest BCUT2D eigenvalue weighted by molar-refractivity contribution is -0.124. The number of halogens is 2. The van der Waals surface area contributed by atoms with Crippen molar-refractivity contribution in [3.8, 4) is 0 Å². The molecule has 1 amide bonds. The van der Waals surface area contributed by atoms with Crippen LogP contribution in [-0.4, -0.2) is 5.91 Å². The molecule has 1 aliphatic carbocycles. The van der Waals surface area contributed by atoms with E-state index in [-0.39, 0.29) is 17.3 Å². The van der Waals surface area contributed by atoms with Crippen molar-refractivity contribution in [1.82, 2.24) is 0 Å². The first-order chi connectivity index (χ1) is 8.42. The number of benzene rings is 1. The zero-order valence-electron chi connectivity index (χ0n) is 10.2. The van der Waals surface area contributed by atoms with E-state index in [0.29, 0.717) is 6.07 Å². The van der Waals surface area contributed by atoms with Gasteiger partial charge in [-0.05, 0) is 18.9 Å². The Kier molecular flexibility index (Phi) is 3.24. The average molecular weight is 254 g/mol. The molecule has 3 nitrogen and oxygen atoms in total. The van der Waals surface area contributed by atoms with Gasteiger partial charge in [0, 0.05) is 11.5 Å². The van der Waals surface area contributed by atoms with Crippen LogP contribution in [0, 0.1) is 17.0 Å². The topological polar surface area (TPSA) is 55.1 Å². The Bertz CT molecular complexity index is 459. The second-order valence-corrected chi connectivity index (χ2v) is 5.07. The fraction of sp³-hybridized carbons (Fsp3) is 0.462. The average Bonchev–Trinajstić information content (AvgIpc) is 2.71. The lowest BCUT2D eigenvalue weighted by Gasteiger charge is -2.22. The van der Waals surface area contributed by atoms with Gasteiger partial charge in [0.2, 0.25) is 5.91 Å². The number of nitrogens with two attached hydrogens (primary N) is 1. The molecule has 98 valence electrons. The van der Waals surface area contributed by atoms with Crippen LogP contribution in [0.15, 0.2) is 12.1 Å². The summed E-state index contributed by atoms with van der Waals surface area (Å²) in [5.74, 6) is -1.85. The third kappa shape index (κ3) is 2.30. The van der Waals surface area contributed by atoms with Crippen LogP contribution in [0.1, 0.15) is 32.6 Å². The SMILES string of the molecule is CC1(C(=O)Nc2c(N)cc(F)cc2F)CCCC1. The zero-order chi connectivity index (χ0) is 13.3. The van der Waals surface area contributed by atoms with Crippen LogP contribution >= 0.6 is 0 Å². The Labute approximate surface area is 104 Å². The molecule has 1 aliphatic rings. The van der Waals surface area contributed by atoms with Crippen LogP contribution in [-0.2, 0) is 4.79 Å². The van der Waals surface area contributed by atoms with Crippen molar-refractivity contribution in [2.75, 3.05) is 11.1 Å². The number of hydrogen-bond acceptors (Lipinski definition) is 2. The molecule has 3 N–H and O–H groups in total. The molecular weight excluding hydrogens is 238 g/mol. The maximum absolute atomic E-state index is 13.5. The van der Waals surface area contributed by atoms with Crippen LogP contribution in [0.25, 0.3) is 0 Å². The van der Waals surface area contributed by atoms with Gasteiger partial charge in [-0.15, -0.1) is 0 Å². The first-order valence-corrected chi connectivity index (χ1v) is 5.98. The molecule has 0 unspecified atom stereocenters.